The highest BCUT2D eigenvalue weighted by atomic mass is 32.2. The van der Waals surface area contributed by atoms with Crippen LogP contribution in [0.2, 0.25) is 0 Å². The van der Waals surface area contributed by atoms with E-state index in [1.165, 1.54) is 6.26 Å². The minimum absolute atomic E-state index is 0.286. The van der Waals surface area contributed by atoms with E-state index in [2.05, 4.69) is 0 Å². The van der Waals surface area contributed by atoms with Crippen LogP contribution in [0, 0.1) is 0 Å². The lowest BCUT2D eigenvalue weighted by atomic mass is 9.80. The Labute approximate surface area is 102 Å². The van der Waals surface area contributed by atoms with Gasteiger partial charge in [-0.15, -0.1) is 0 Å². The number of aliphatic hydroxyl groups is 1. The van der Waals surface area contributed by atoms with Crippen LogP contribution in [-0.2, 0) is 15.4 Å². The lowest BCUT2D eigenvalue weighted by Crippen LogP contribution is -2.28. The lowest BCUT2D eigenvalue weighted by Gasteiger charge is -2.32. The Balaban J connectivity index is 2.39. The molecule has 0 aliphatic heterocycles. The minimum Gasteiger partial charge on any atom is -0.385 e. The SMILES string of the molecule is CS(=O)(=O)c1cccc(C2(O)CCCCC2)c1. The number of sulfone groups is 1. The van der Waals surface area contributed by atoms with Gasteiger partial charge in [-0.2, -0.15) is 0 Å². The highest BCUT2D eigenvalue weighted by molar-refractivity contribution is 7.90. The molecule has 1 aliphatic rings. The van der Waals surface area contributed by atoms with Gasteiger partial charge in [0, 0.05) is 6.26 Å². The summed E-state index contributed by atoms with van der Waals surface area (Å²) < 4.78 is 23.0. The zero-order chi connectivity index (χ0) is 12.5. The van der Waals surface area contributed by atoms with Crippen molar-refractivity contribution in [3.05, 3.63) is 29.8 Å². The summed E-state index contributed by atoms with van der Waals surface area (Å²) in [5.74, 6) is 0. The topological polar surface area (TPSA) is 54.4 Å². The van der Waals surface area contributed by atoms with E-state index in [0.717, 1.165) is 37.7 Å². The Morgan fingerprint density at radius 3 is 2.41 bits per heavy atom. The first-order valence-corrected chi connectivity index (χ1v) is 7.84. The van der Waals surface area contributed by atoms with Crippen molar-refractivity contribution in [3.8, 4) is 0 Å². The van der Waals surface area contributed by atoms with Crippen LogP contribution in [0.25, 0.3) is 0 Å². The van der Waals surface area contributed by atoms with E-state index < -0.39 is 15.4 Å². The van der Waals surface area contributed by atoms with Gasteiger partial charge < -0.3 is 5.11 Å². The Morgan fingerprint density at radius 2 is 1.82 bits per heavy atom. The largest absolute Gasteiger partial charge is 0.385 e. The molecule has 0 amide bonds. The molecule has 1 aromatic rings. The molecule has 0 radical (unpaired) electrons. The van der Waals surface area contributed by atoms with Crippen molar-refractivity contribution in [2.75, 3.05) is 6.26 Å². The van der Waals surface area contributed by atoms with E-state index in [1.54, 1.807) is 18.2 Å². The van der Waals surface area contributed by atoms with Crippen molar-refractivity contribution >= 4 is 9.84 Å². The first kappa shape index (κ1) is 12.6. The molecule has 0 unspecified atom stereocenters. The average Bonchev–Trinajstić information content (AvgIpc) is 2.29. The van der Waals surface area contributed by atoms with Crippen molar-refractivity contribution in [2.45, 2.75) is 42.6 Å². The predicted octanol–water partition coefficient (Wildman–Crippen LogP) is 2.24. The van der Waals surface area contributed by atoms with Crippen molar-refractivity contribution in [1.29, 1.82) is 0 Å². The fourth-order valence-corrected chi connectivity index (χ4v) is 3.11. The van der Waals surface area contributed by atoms with Gasteiger partial charge in [0.25, 0.3) is 0 Å². The van der Waals surface area contributed by atoms with E-state index in [1.807, 2.05) is 6.07 Å². The van der Waals surface area contributed by atoms with Crippen LogP contribution in [-0.4, -0.2) is 19.8 Å². The molecule has 17 heavy (non-hydrogen) atoms. The molecular weight excluding hydrogens is 236 g/mol. The molecule has 1 aliphatic carbocycles. The Morgan fingerprint density at radius 1 is 1.18 bits per heavy atom. The third kappa shape index (κ3) is 2.69. The first-order chi connectivity index (χ1) is 7.92. The Kier molecular flexibility index (Phi) is 3.27. The smallest absolute Gasteiger partial charge is 0.175 e. The normalized spacial score (nSPS) is 20.1. The highest BCUT2D eigenvalue weighted by Gasteiger charge is 2.31. The zero-order valence-electron chi connectivity index (χ0n) is 10.0. The quantitative estimate of drug-likeness (QED) is 0.880. The summed E-state index contributed by atoms with van der Waals surface area (Å²) in [5.41, 5.74) is -0.0981. The molecule has 1 N–H and O–H groups in total. The third-order valence-corrected chi connectivity index (χ3v) is 4.59. The van der Waals surface area contributed by atoms with Crippen molar-refractivity contribution < 1.29 is 13.5 Å². The molecule has 1 fully saturated rings. The molecule has 0 bridgehead atoms. The minimum atomic E-state index is -3.20. The van der Waals surface area contributed by atoms with Crippen LogP contribution in [0.5, 0.6) is 0 Å². The van der Waals surface area contributed by atoms with Crippen LogP contribution in [0.3, 0.4) is 0 Å². The molecule has 4 heteroatoms. The summed E-state index contributed by atoms with van der Waals surface area (Å²) in [6, 6.07) is 6.71. The third-order valence-electron chi connectivity index (χ3n) is 3.48. The van der Waals surface area contributed by atoms with E-state index in [0.29, 0.717) is 0 Å². The zero-order valence-corrected chi connectivity index (χ0v) is 10.8. The van der Waals surface area contributed by atoms with Gasteiger partial charge in [0.1, 0.15) is 0 Å². The molecule has 0 heterocycles. The maximum absolute atomic E-state index is 11.5. The molecular formula is C13H18O3S. The monoisotopic (exact) mass is 254 g/mol. The maximum Gasteiger partial charge on any atom is 0.175 e. The summed E-state index contributed by atoms with van der Waals surface area (Å²) in [5, 5.41) is 10.5. The second kappa shape index (κ2) is 4.42. The summed E-state index contributed by atoms with van der Waals surface area (Å²) in [7, 11) is -3.20. The Hall–Kier alpha value is -0.870. The van der Waals surface area contributed by atoms with E-state index in [9.17, 15) is 13.5 Å². The van der Waals surface area contributed by atoms with E-state index in [-0.39, 0.29) is 4.90 Å². The number of benzene rings is 1. The van der Waals surface area contributed by atoms with Crippen LogP contribution in [0.15, 0.2) is 29.2 Å². The summed E-state index contributed by atoms with van der Waals surface area (Å²) >= 11 is 0. The Bertz CT molecular complexity index is 499. The van der Waals surface area contributed by atoms with Crippen LogP contribution in [0.4, 0.5) is 0 Å². The van der Waals surface area contributed by atoms with E-state index in [4.69, 9.17) is 0 Å². The van der Waals surface area contributed by atoms with Gasteiger partial charge in [0.05, 0.1) is 10.5 Å². The molecule has 3 nitrogen and oxygen atoms in total. The number of rotatable bonds is 2. The first-order valence-electron chi connectivity index (χ1n) is 5.95. The van der Waals surface area contributed by atoms with Crippen LogP contribution in [0.1, 0.15) is 37.7 Å². The van der Waals surface area contributed by atoms with Crippen molar-refractivity contribution in [2.24, 2.45) is 0 Å². The fraction of sp³-hybridized carbons (Fsp3) is 0.538. The van der Waals surface area contributed by atoms with Gasteiger partial charge in [-0.05, 0) is 30.5 Å². The molecule has 0 aromatic heterocycles. The molecule has 94 valence electrons. The molecule has 1 aromatic carbocycles. The van der Waals surface area contributed by atoms with Crippen molar-refractivity contribution in [3.63, 3.8) is 0 Å². The summed E-state index contributed by atoms with van der Waals surface area (Å²) in [6.07, 6.45) is 5.78. The molecule has 0 saturated heterocycles. The lowest BCUT2D eigenvalue weighted by molar-refractivity contribution is -0.000810. The molecule has 0 spiro atoms. The highest BCUT2D eigenvalue weighted by Crippen LogP contribution is 2.37. The van der Waals surface area contributed by atoms with Gasteiger partial charge in [-0.25, -0.2) is 8.42 Å². The van der Waals surface area contributed by atoms with Gasteiger partial charge in [0.2, 0.25) is 0 Å². The van der Waals surface area contributed by atoms with Gasteiger partial charge in [-0.1, -0.05) is 31.4 Å². The number of hydrogen-bond donors (Lipinski definition) is 1. The predicted molar refractivity (Wildman–Crippen MR) is 66.5 cm³/mol. The fourth-order valence-electron chi connectivity index (χ4n) is 2.44. The maximum atomic E-state index is 11.5. The van der Waals surface area contributed by atoms with Crippen LogP contribution >= 0.6 is 0 Å². The molecule has 0 atom stereocenters. The van der Waals surface area contributed by atoms with Gasteiger partial charge in [-0.3, -0.25) is 0 Å². The standard InChI is InChI=1S/C13H18O3S/c1-17(15,16)12-7-5-6-11(10-12)13(14)8-3-2-4-9-13/h5-7,10,14H,2-4,8-9H2,1H3. The number of hydrogen-bond acceptors (Lipinski definition) is 3. The van der Waals surface area contributed by atoms with Gasteiger partial charge >= 0.3 is 0 Å². The van der Waals surface area contributed by atoms with Crippen LogP contribution < -0.4 is 0 Å². The summed E-state index contributed by atoms with van der Waals surface area (Å²) in [4.78, 5) is 0.286. The summed E-state index contributed by atoms with van der Waals surface area (Å²) in [6.45, 7) is 0. The van der Waals surface area contributed by atoms with Crippen molar-refractivity contribution in [1.82, 2.24) is 0 Å². The second-order valence-electron chi connectivity index (χ2n) is 4.89. The molecule has 2 rings (SSSR count). The molecule has 1 saturated carbocycles. The second-order valence-corrected chi connectivity index (χ2v) is 6.91. The average molecular weight is 254 g/mol. The van der Waals surface area contributed by atoms with Gasteiger partial charge in [0.15, 0.2) is 9.84 Å². The van der Waals surface area contributed by atoms with E-state index >= 15 is 0 Å².